The molecule has 8 heteroatoms. The van der Waals surface area contributed by atoms with Crippen molar-refractivity contribution in [2.24, 2.45) is 7.05 Å². The molecule has 1 aliphatic carbocycles. The van der Waals surface area contributed by atoms with E-state index in [9.17, 15) is 13.2 Å². The fourth-order valence-corrected chi connectivity index (χ4v) is 7.05. The molecule has 5 rings (SSSR count). The van der Waals surface area contributed by atoms with Gasteiger partial charge in [-0.2, -0.15) is 0 Å². The second-order valence-corrected chi connectivity index (χ2v) is 13.8. The van der Waals surface area contributed by atoms with Crippen LogP contribution in [0.2, 0.25) is 0 Å². The maximum Gasteiger partial charge on any atom is 0.241 e. The molecule has 42 heavy (non-hydrogen) atoms. The molecule has 1 amide bonds. The van der Waals surface area contributed by atoms with Gasteiger partial charge in [0.15, 0.2) is 0 Å². The Bertz CT molecular complexity index is 1660. The van der Waals surface area contributed by atoms with Crippen molar-refractivity contribution in [2.45, 2.75) is 75.8 Å². The van der Waals surface area contributed by atoms with E-state index in [1.165, 1.54) is 0 Å². The van der Waals surface area contributed by atoms with Gasteiger partial charge in [0, 0.05) is 37.6 Å². The van der Waals surface area contributed by atoms with Crippen molar-refractivity contribution >= 4 is 21.6 Å². The number of benzene rings is 3. The van der Waals surface area contributed by atoms with Crippen molar-refractivity contribution in [2.75, 3.05) is 4.90 Å². The molecular weight excluding hydrogens is 544 g/mol. The van der Waals surface area contributed by atoms with Gasteiger partial charge in [-0.05, 0) is 72.1 Å². The fraction of sp³-hybridized carbons (Fsp3) is 0.353. The molecule has 4 aromatic rings. The number of amides is 1. The number of anilines is 1. The number of nitrogens with one attached hydrogen (secondary N) is 1. The van der Waals surface area contributed by atoms with E-state index in [2.05, 4.69) is 36.5 Å². The second kappa shape index (κ2) is 11.9. The second-order valence-electron chi connectivity index (χ2n) is 12.1. The molecule has 1 N–H and O–H groups in total. The average molecular weight is 585 g/mol. The molecule has 0 saturated carbocycles. The molecule has 7 nitrogen and oxygen atoms in total. The van der Waals surface area contributed by atoms with Crippen LogP contribution in [0.5, 0.6) is 0 Å². The zero-order valence-electron chi connectivity index (χ0n) is 25.0. The van der Waals surface area contributed by atoms with Crippen LogP contribution in [0.3, 0.4) is 0 Å². The van der Waals surface area contributed by atoms with Gasteiger partial charge in [-0.3, -0.25) is 4.79 Å². The molecular formula is C34H40N4O3S. The standard InChI is InChI=1S/C34H40N4O3S/c1-24-11-14-28(15-12-24)42(40,41)36-31-17-18-34(3,4)30-16-13-27(22-29(30)31)38(23-32-35-19-20-37(32)5)33(39)21-25(2)26-9-7-6-8-10-26/h6-16,19-20,22,25,31,36H,17-18,21,23H2,1-5H3/t25-,31+/m0/s1. The van der Waals surface area contributed by atoms with Crippen molar-refractivity contribution in [3.8, 4) is 0 Å². The predicted octanol–water partition coefficient (Wildman–Crippen LogP) is 6.55. The van der Waals surface area contributed by atoms with Crippen molar-refractivity contribution in [3.63, 3.8) is 0 Å². The maximum absolute atomic E-state index is 14.0. The Morgan fingerprint density at radius 1 is 1.10 bits per heavy atom. The average Bonchev–Trinajstić information content (AvgIpc) is 3.37. The normalized spacial score (nSPS) is 16.9. The van der Waals surface area contributed by atoms with E-state index in [-0.39, 0.29) is 22.1 Å². The Kier molecular flexibility index (Phi) is 8.39. The molecule has 1 aliphatic rings. The zero-order chi connectivity index (χ0) is 30.1. The van der Waals surface area contributed by atoms with Crippen LogP contribution < -0.4 is 9.62 Å². The summed E-state index contributed by atoms with van der Waals surface area (Å²) in [7, 11) is -1.82. The highest BCUT2D eigenvalue weighted by atomic mass is 32.2. The summed E-state index contributed by atoms with van der Waals surface area (Å²) in [5.74, 6) is 0.791. The summed E-state index contributed by atoms with van der Waals surface area (Å²) in [4.78, 5) is 20.5. The summed E-state index contributed by atoms with van der Waals surface area (Å²) in [5, 5.41) is 0. The van der Waals surface area contributed by atoms with E-state index in [1.54, 1.807) is 23.2 Å². The van der Waals surface area contributed by atoms with Gasteiger partial charge in [0.1, 0.15) is 5.82 Å². The highest BCUT2D eigenvalue weighted by Gasteiger charge is 2.35. The van der Waals surface area contributed by atoms with Crippen molar-refractivity contribution in [3.05, 3.63) is 113 Å². The number of aromatic nitrogens is 2. The molecule has 0 saturated heterocycles. The Balaban J connectivity index is 1.51. The van der Waals surface area contributed by atoms with Gasteiger partial charge in [0.25, 0.3) is 0 Å². The lowest BCUT2D eigenvalue weighted by atomic mass is 9.71. The molecule has 2 atom stereocenters. The minimum Gasteiger partial charge on any atom is -0.337 e. The smallest absolute Gasteiger partial charge is 0.241 e. The summed E-state index contributed by atoms with van der Waals surface area (Å²) >= 11 is 0. The van der Waals surface area contributed by atoms with Crippen LogP contribution in [0.4, 0.5) is 5.69 Å². The Labute approximate surface area is 249 Å². The van der Waals surface area contributed by atoms with Crippen LogP contribution >= 0.6 is 0 Å². The molecule has 3 aromatic carbocycles. The third kappa shape index (κ3) is 6.35. The highest BCUT2D eigenvalue weighted by molar-refractivity contribution is 7.89. The first-order valence-electron chi connectivity index (χ1n) is 14.5. The lowest BCUT2D eigenvalue weighted by molar-refractivity contribution is -0.119. The SMILES string of the molecule is Cc1ccc(S(=O)(=O)N[C@@H]2CCC(C)(C)c3ccc(N(Cc4nccn4C)C(=O)C[C@H](C)c4ccccc4)cc32)cc1. The molecule has 0 fully saturated rings. The first-order chi connectivity index (χ1) is 19.9. The predicted molar refractivity (Wildman–Crippen MR) is 167 cm³/mol. The van der Waals surface area contributed by atoms with Crippen LogP contribution in [-0.2, 0) is 33.8 Å². The van der Waals surface area contributed by atoms with Crippen LogP contribution in [0.15, 0.2) is 90.1 Å². The summed E-state index contributed by atoms with van der Waals surface area (Å²) in [6, 6.07) is 22.6. The van der Waals surface area contributed by atoms with Crippen molar-refractivity contribution in [1.29, 1.82) is 0 Å². The number of rotatable bonds is 9. The number of nitrogens with zero attached hydrogens (tertiary/aromatic N) is 3. The van der Waals surface area contributed by atoms with E-state index in [1.807, 2.05) is 79.3 Å². The Morgan fingerprint density at radius 3 is 2.48 bits per heavy atom. The first-order valence-corrected chi connectivity index (χ1v) is 16.0. The van der Waals surface area contributed by atoms with E-state index < -0.39 is 16.1 Å². The highest BCUT2D eigenvalue weighted by Crippen LogP contribution is 2.43. The van der Waals surface area contributed by atoms with Crippen LogP contribution in [-0.4, -0.2) is 23.9 Å². The molecule has 0 unspecified atom stereocenters. The van der Waals surface area contributed by atoms with Gasteiger partial charge >= 0.3 is 0 Å². The van der Waals surface area contributed by atoms with Crippen LogP contribution in [0, 0.1) is 6.92 Å². The fourth-order valence-electron chi connectivity index (χ4n) is 5.80. The van der Waals surface area contributed by atoms with E-state index in [0.29, 0.717) is 19.4 Å². The number of carbonyl (C=O) groups excluding carboxylic acids is 1. The maximum atomic E-state index is 14.0. The molecule has 0 spiro atoms. The molecule has 1 aromatic heterocycles. The number of carbonyl (C=O) groups is 1. The Morgan fingerprint density at radius 2 is 1.81 bits per heavy atom. The molecule has 0 radical (unpaired) electrons. The van der Waals surface area contributed by atoms with Crippen molar-refractivity contribution < 1.29 is 13.2 Å². The number of hydrogen-bond donors (Lipinski definition) is 1. The minimum absolute atomic E-state index is 0.0128. The number of imidazole rings is 1. The van der Waals surface area contributed by atoms with E-state index in [4.69, 9.17) is 0 Å². The molecule has 0 aliphatic heterocycles. The summed E-state index contributed by atoms with van der Waals surface area (Å²) < 4.78 is 31.8. The quantitative estimate of drug-likeness (QED) is 0.242. The summed E-state index contributed by atoms with van der Waals surface area (Å²) in [6.45, 7) is 8.69. The third-order valence-electron chi connectivity index (χ3n) is 8.51. The number of fused-ring (bicyclic) bond motifs is 1. The van der Waals surface area contributed by atoms with Gasteiger partial charge in [-0.15, -0.1) is 0 Å². The summed E-state index contributed by atoms with van der Waals surface area (Å²) in [5.41, 5.74) is 4.72. The molecule has 1 heterocycles. The number of aryl methyl sites for hydroxylation is 2. The van der Waals surface area contributed by atoms with E-state index in [0.717, 1.165) is 40.2 Å². The summed E-state index contributed by atoms with van der Waals surface area (Å²) in [6.07, 6.45) is 5.43. The largest absolute Gasteiger partial charge is 0.337 e. The zero-order valence-corrected chi connectivity index (χ0v) is 25.9. The van der Waals surface area contributed by atoms with E-state index >= 15 is 0 Å². The molecule has 0 bridgehead atoms. The number of sulfonamides is 1. The van der Waals surface area contributed by atoms with Gasteiger partial charge in [-0.25, -0.2) is 18.1 Å². The van der Waals surface area contributed by atoms with Gasteiger partial charge in [0.05, 0.1) is 11.4 Å². The van der Waals surface area contributed by atoms with Gasteiger partial charge in [0.2, 0.25) is 15.9 Å². The lowest BCUT2D eigenvalue weighted by Crippen LogP contribution is -2.37. The number of hydrogen-bond acceptors (Lipinski definition) is 4. The van der Waals surface area contributed by atoms with Crippen molar-refractivity contribution in [1.82, 2.24) is 14.3 Å². The molecule has 220 valence electrons. The monoisotopic (exact) mass is 584 g/mol. The minimum atomic E-state index is -3.74. The lowest BCUT2D eigenvalue weighted by Gasteiger charge is -2.38. The van der Waals surface area contributed by atoms with Crippen LogP contribution in [0.25, 0.3) is 0 Å². The first kappa shape index (κ1) is 29.7. The van der Waals surface area contributed by atoms with Crippen LogP contribution in [0.1, 0.15) is 80.1 Å². The third-order valence-corrected chi connectivity index (χ3v) is 10.00. The van der Waals surface area contributed by atoms with Gasteiger partial charge in [-0.1, -0.05) is 74.9 Å². The Hall–Kier alpha value is -3.75. The topological polar surface area (TPSA) is 84.3 Å². The van der Waals surface area contributed by atoms with Gasteiger partial charge < -0.3 is 9.47 Å².